The fourth-order valence-corrected chi connectivity index (χ4v) is 1.49. The van der Waals surface area contributed by atoms with Crippen molar-refractivity contribution in [3.8, 4) is 0 Å². The van der Waals surface area contributed by atoms with E-state index in [1.807, 2.05) is 0 Å². The van der Waals surface area contributed by atoms with Crippen molar-refractivity contribution in [2.24, 2.45) is 0 Å². The molecule has 0 saturated carbocycles. The van der Waals surface area contributed by atoms with Crippen LogP contribution in [-0.2, 0) is 0 Å². The quantitative estimate of drug-likeness (QED) is 0.358. The zero-order valence-corrected chi connectivity index (χ0v) is 13.0. The Kier molecular flexibility index (Phi) is 10.4. The van der Waals surface area contributed by atoms with Crippen molar-refractivity contribution < 1.29 is 9.59 Å². The van der Waals surface area contributed by atoms with Crippen molar-refractivity contribution in [2.75, 3.05) is 41.3 Å². The Balaban J connectivity index is 3.29. The van der Waals surface area contributed by atoms with Crippen LogP contribution in [0.4, 0.5) is 9.59 Å². The van der Waals surface area contributed by atoms with Gasteiger partial charge in [-0.2, -0.15) is 0 Å². The van der Waals surface area contributed by atoms with E-state index in [-0.39, 0.29) is 12.1 Å². The summed E-state index contributed by atoms with van der Waals surface area (Å²) in [6.07, 6.45) is 3.92. The molecule has 0 unspecified atom stereocenters. The van der Waals surface area contributed by atoms with E-state index in [0.29, 0.717) is 13.1 Å². The first-order valence-electron chi connectivity index (χ1n) is 6.85. The number of hydrogen-bond acceptors (Lipinski definition) is 4. The number of hydrogen-bond donors (Lipinski definition) is 4. The van der Waals surface area contributed by atoms with Gasteiger partial charge in [-0.3, -0.25) is 10.9 Å². The zero-order chi connectivity index (χ0) is 15.4. The minimum atomic E-state index is -0.183. The third-order valence-corrected chi connectivity index (χ3v) is 2.32. The smallest absolute Gasteiger partial charge is 0.329 e. The van der Waals surface area contributed by atoms with Crippen LogP contribution in [0, 0.1) is 0 Å². The Morgan fingerprint density at radius 2 is 1.05 bits per heavy atom. The van der Waals surface area contributed by atoms with Gasteiger partial charge in [0.1, 0.15) is 0 Å². The number of rotatable bonds is 9. The molecule has 0 heterocycles. The third kappa shape index (κ3) is 12.9. The topological polar surface area (TPSA) is 88.7 Å². The van der Waals surface area contributed by atoms with Crippen LogP contribution in [0.1, 0.15) is 25.7 Å². The van der Waals surface area contributed by atoms with E-state index in [2.05, 4.69) is 21.5 Å². The molecule has 0 aromatic carbocycles. The molecule has 4 N–H and O–H groups in total. The van der Waals surface area contributed by atoms with E-state index >= 15 is 0 Å². The minimum absolute atomic E-state index is 0.183. The van der Waals surface area contributed by atoms with Crippen LogP contribution >= 0.6 is 0 Å². The summed E-state index contributed by atoms with van der Waals surface area (Å²) in [6.45, 7) is 1.32. The van der Waals surface area contributed by atoms with Gasteiger partial charge in [-0.1, -0.05) is 12.8 Å². The van der Waals surface area contributed by atoms with Crippen molar-refractivity contribution in [3.05, 3.63) is 0 Å². The number of hydrazine groups is 2. The predicted octanol–water partition coefficient (Wildman–Crippen LogP) is 0.0984. The molecular formula is C12H28N6O2. The van der Waals surface area contributed by atoms with E-state index in [1.54, 1.807) is 38.2 Å². The lowest BCUT2D eigenvalue weighted by molar-refractivity contribution is 0.211. The summed E-state index contributed by atoms with van der Waals surface area (Å²) in [7, 11) is 7.05. The van der Waals surface area contributed by atoms with Crippen molar-refractivity contribution in [1.29, 1.82) is 0 Å². The number of nitrogens with zero attached hydrogens (tertiary/aromatic N) is 2. The summed E-state index contributed by atoms with van der Waals surface area (Å²) in [5.74, 6) is 0. The predicted molar refractivity (Wildman–Crippen MR) is 78.9 cm³/mol. The highest BCUT2D eigenvalue weighted by Gasteiger charge is 2.00. The Morgan fingerprint density at radius 1 is 0.700 bits per heavy atom. The molecule has 8 heteroatoms. The molecule has 0 rings (SSSR count). The van der Waals surface area contributed by atoms with Crippen LogP contribution in [0.2, 0.25) is 0 Å². The van der Waals surface area contributed by atoms with Gasteiger partial charge < -0.3 is 10.6 Å². The van der Waals surface area contributed by atoms with Crippen molar-refractivity contribution in [3.63, 3.8) is 0 Å². The summed E-state index contributed by atoms with van der Waals surface area (Å²) < 4.78 is 0. The zero-order valence-electron chi connectivity index (χ0n) is 13.0. The largest absolute Gasteiger partial charge is 0.337 e. The van der Waals surface area contributed by atoms with Crippen molar-refractivity contribution in [1.82, 2.24) is 31.5 Å². The molecule has 0 radical (unpaired) electrons. The molecule has 0 bridgehead atoms. The second kappa shape index (κ2) is 11.3. The monoisotopic (exact) mass is 288 g/mol. The van der Waals surface area contributed by atoms with Gasteiger partial charge in [-0.15, -0.1) is 0 Å². The molecule has 0 aliphatic carbocycles. The summed E-state index contributed by atoms with van der Waals surface area (Å²) in [5.41, 5.74) is 5.21. The van der Waals surface area contributed by atoms with Gasteiger partial charge in [0.05, 0.1) is 0 Å². The van der Waals surface area contributed by atoms with Crippen LogP contribution in [0.15, 0.2) is 0 Å². The third-order valence-electron chi connectivity index (χ3n) is 2.32. The molecule has 0 aromatic heterocycles. The first kappa shape index (κ1) is 18.5. The number of unbranched alkanes of at least 4 members (excludes halogenated alkanes) is 3. The van der Waals surface area contributed by atoms with E-state index in [0.717, 1.165) is 25.7 Å². The number of carbonyl (C=O) groups is 2. The molecule has 118 valence electrons. The average molecular weight is 288 g/mol. The molecule has 0 spiro atoms. The van der Waals surface area contributed by atoms with Crippen molar-refractivity contribution in [2.45, 2.75) is 25.7 Å². The van der Waals surface area contributed by atoms with Gasteiger partial charge in [-0.05, 0) is 12.8 Å². The molecule has 0 aliphatic rings. The molecule has 0 aromatic rings. The van der Waals surface area contributed by atoms with E-state index < -0.39 is 0 Å². The van der Waals surface area contributed by atoms with Gasteiger partial charge in [-0.25, -0.2) is 19.6 Å². The maximum Gasteiger partial charge on any atom is 0.329 e. The molecule has 0 aliphatic heterocycles. The van der Waals surface area contributed by atoms with E-state index in [9.17, 15) is 9.59 Å². The van der Waals surface area contributed by atoms with Crippen LogP contribution in [-0.4, -0.2) is 63.4 Å². The summed E-state index contributed by atoms with van der Waals surface area (Å²) in [4.78, 5) is 22.5. The Hall–Kier alpha value is -1.54. The maximum atomic E-state index is 11.2. The molecule has 4 amide bonds. The highest BCUT2D eigenvalue weighted by molar-refractivity contribution is 5.73. The Bertz CT molecular complexity index is 255. The summed E-state index contributed by atoms with van der Waals surface area (Å²) in [6, 6.07) is -0.367. The maximum absolute atomic E-state index is 11.2. The summed E-state index contributed by atoms with van der Waals surface area (Å²) in [5, 5.41) is 8.73. The fraction of sp³-hybridized carbons (Fsp3) is 0.833. The Morgan fingerprint density at radius 3 is 1.35 bits per heavy atom. The standard InChI is InChI=1S/C12H28N6O2/c1-17(2)15-11(19)13-9-7-5-6-8-10-14-12(20)16-18(3)4/h5-10H2,1-4H3,(H2,13,15,19)(H2,14,16,20). The lowest BCUT2D eigenvalue weighted by Crippen LogP contribution is -2.43. The van der Waals surface area contributed by atoms with Crippen LogP contribution in [0.25, 0.3) is 0 Å². The van der Waals surface area contributed by atoms with Gasteiger partial charge in [0.25, 0.3) is 0 Å². The minimum Gasteiger partial charge on any atom is -0.337 e. The molecule has 0 saturated heterocycles. The summed E-state index contributed by atoms with van der Waals surface area (Å²) >= 11 is 0. The number of nitrogens with one attached hydrogen (secondary N) is 4. The van der Waals surface area contributed by atoms with E-state index in [1.165, 1.54) is 0 Å². The van der Waals surface area contributed by atoms with Crippen LogP contribution < -0.4 is 21.5 Å². The van der Waals surface area contributed by atoms with Crippen LogP contribution in [0.3, 0.4) is 0 Å². The van der Waals surface area contributed by atoms with Gasteiger partial charge in [0.2, 0.25) is 0 Å². The molecular weight excluding hydrogens is 260 g/mol. The number of carbonyl (C=O) groups excluding carboxylic acids is 2. The average Bonchev–Trinajstić information content (AvgIpc) is 2.30. The first-order chi connectivity index (χ1) is 9.41. The van der Waals surface area contributed by atoms with Gasteiger partial charge >= 0.3 is 12.1 Å². The van der Waals surface area contributed by atoms with Crippen molar-refractivity contribution >= 4 is 12.1 Å². The first-order valence-corrected chi connectivity index (χ1v) is 6.85. The second-order valence-corrected chi connectivity index (χ2v) is 4.94. The van der Waals surface area contributed by atoms with E-state index in [4.69, 9.17) is 0 Å². The lowest BCUT2D eigenvalue weighted by atomic mass is 10.2. The number of amides is 4. The normalized spacial score (nSPS) is 10.5. The SMILES string of the molecule is CN(C)NC(=O)NCCCCCCNC(=O)NN(C)C. The molecule has 8 nitrogen and oxygen atoms in total. The second-order valence-electron chi connectivity index (χ2n) is 4.94. The molecule has 0 fully saturated rings. The van der Waals surface area contributed by atoms with Gasteiger partial charge in [0.15, 0.2) is 0 Å². The van der Waals surface area contributed by atoms with Gasteiger partial charge in [0, 0.05) is 41.3 Å². The Labute approximate surface area is 121 Å². The lowest BCUT2D eigenvalue weighted by Gasteiger charge is -2.13. The number of urea groups is 2. The van der Waals surface area contributed by atoms with Crippen LogP contribution in [0.5, 0.6) is 0 Å². The molecule has 0 atom stereocenters. The fourth-order valence-electron chi connectivity index (χ4n) is 1.49. The highest BCUT2D eigenvalue weighted by Crippen LogP contribution is 1.97. The molecule has 20 heavy (non-hydrogen) atoms. The highest BCUT2D eigenvalue weighted by atomic mass is 16.2.